The zero-order valence-corrected chi connectivity index (χ0v) is 6.76. The highest BCUT2D eigenvalue weighted by atomic mass is 19.2. The molecule has 0 atom stereocenters. The van der Waals surface area contributed by atoms with Crippen LogP contribution >= 0.6 is 0 Å². The molecule has 0 unspecified atom stereocenters. The second kappa shape index (κ2) is 3.12. The van der Waals surface area contributed by atoms with E-state index in [4.69, 9.17) is 4.74 Å². The lowest BCUT2D eigenvalue weighted by molar-refractivity contribution is 0.346. The second-order valence-electron chi connectivity index (χ2n) is 2.64. The summed E-state index contributed by atoms with van der Waals surface area (Å²) in [5.74, 6) is -1.59. The van der Waals surface area contributed by atoms with Gasteiger partial charge in [-0.25, -0.2) is 13.8 Å². The Labute approximate surface area is 73.9 Å². The van der Waals surface area contributed by atoms with Gasteiger partial charge in [0.1, 0.15) is 6.61 Å². The molecule has 0 radical (unpaired) electrons. The van der Waals surface area contributed by atoms with Crippen LogP contribution in [0.15, 0.2) is 23.2 Å². The van der Waals surface area contributed by atoms with Crippen molar-refractivity contribution >= 4 is 5.90 Å². The molecule has 1 aliphatic rings. The van der Waals surface area contributed by atoms with E-state index in [-0.39, 0.29) is 11.5 Å². The van der Waals surface area contributed by atoms with Crippen LogP contribution in [-0.4, -0.2) is 19.0 Å². The summed E-state index contributed by atoms with van der Waals surface area (Å²) in [4.78, 5) is 3.90. The van der Waals surface area contributed by atoms with Gasteiger partial charge in [0, 0.05) is 0 Å². The normalized spacial score (nSPS) is 15.4. The van der Waals surface area contributed by atoms with E-state index in [0.717, 1.165) is 6.07 Å². The summed E-state index contributed by atoms with van der Waals surface area (Å²) in [6.45, 7) is 0.941. The van der Waals surface area contributed by atoms with Crippen LogP contribution in [0.2, 0.25) is 0 Å². The Bertz CT molecular complexity index is 363. The van der Waals surface area contributed by atoms with Crippen molar-refractivity contribution in [3.8, 4) is 0 Å². The third-order valence-corrected chi connectivity index (χ3v) is 1.77. The summed E-state index contributed by atoms with van der Waals surface area (Å²) in [6.07, 6.45) is 0. The highest BCUT2D eigenvalue weighted by molar-refractivity contribution is 5.95. The predicted octanol–water partition coefficient (Wildman–Crippen LogP) is 1.74. The lowest BCUT2D eigenvalue weighted by Crippen LogP contribution is -2.05. The van der Waals surface area contributed by atoms with Gasteiger partial charge in [-0.05, 0) is 12.1 Å². The van der Waals surface area contributed by atoms with Gasteiger partial charge in [-0.1, -0.05) is 6.07 Å². The van der Waals surface area contributed by atoms with Crippen LogP contribution in [0.5, 0.6) is 0 Å². The first-order chi connectivity index (χ1) is 6.29. The maximum atomic E-state index is 13.1. The summed E-state index contributed by atoms with van der Waals surface area (Å²) in [6, 6.07) is 3.94. The summed E-state index contributed by atoms with van der Waals surface area (Å²) in [5, 5.41) is 0. The Morgan fingerprint density at radius 3 is 2.85 bits per heavy atom. The van der Waals surface area contributed by atoms with Crippen molar-refractivity contribution in [1.29, 1.82) is 0 Å². The van der Waals surface area contributed by atoms with Crippen molar-refractivity contribution in [2.24, 2.45) is 4.99 Å². The molecule has 1 heterocycles. The van der Waals surface area contributed by atoms with Crippen molar-refractivity contribution in [3.05, 3.63) is 35.4 Å². The van der Waals surface area contributed by atoms with Gasteiger partial charge in [0.05, 0.1) is 12.1 Å². The van der Waals surface area contributed by atoms with Crippen molar-refractivity contribution in [3.63, 3.8) is 0 Å². The van der Waals surface area contributed by atoms with Crippen molar-refractivity contribution in [2.75, 3.05) is 13.2 Å². The second-order valence-corrected chi connectivity index (χ2v) is 2.64. The minimum absolute atomic E-state index is 0.0949. The summed E-state index contributed by atoms with van der Waals surface area (Å²) < 4.78 is 30.9. The summed E-state index contributed by atoms with van der Waals surface area (Å²) in [5.41, 5.74) is 0.0949. The molecule has 0 saturated carbocycles. The minimum Gasteiger partial charge on any atom is -0.475 e. The predicted molar refractivity (Wildman–Crippen MR) is 43.7 cm³/mol. The van der Waals surface area contributed by atoms with Gasteiger partial charge in [0.25, 0.3) is 0 Å². The Morgan fingerprint density at radius 1 is 1.31 bits per heavy atom. The zero-order valence-electron chi connectivity index (χ0n) is 6.76. The zero-order chi connectivity index (χ0) is 9.26. The molecule has 0 fully saturated rings. The molecule has 0 N–H and O–H groups in total. The molecule has 1 aliphatic heterocycles. The first kappa shape index (κ1) is 8.16. The van der Waals surface area contributed by atoms with Crippen LogP contribution in [0.1, 0.15) is 5.56 Å². The first-order valence-corrected chi connectivity index (χ1v) is 3.90. The lowest BCUT2D eigenvalue weighted by Gasteiger charge is -2.02. The van der Waals surface area contributed by atoms with E-state index in [2.05, 4.69) is 4.99 Å². The standard InChI is InChI=1S/C9H7F2NO/c10-7-3-1-2-6(8(7)11)9-12-4-5-13-9/h1-3H,4-5H2. The lowest BCUT2D eigenvalue weighted by atomic mass is 10.2. The number of nitrogens with zero attached hydrogens (tertiary/aromatic N) is 1. The molecule has 0 aliphatic carbocycles. The van der Waals surface area contributed by atoms with E-state index in [0.29, 0.717) is 13.2 Å². The smallest absolute Gasteiger partial charge is 0.219 e. The van der Waals surface area contributed by atoms with Crippen LogP contribution in [-0.2, 0) is 4.74 Å². The number of halogens is 2. The largest absolute Gasteiger partial charge is 0.475 e. The Kier molecular flexibility index (Phi) is 1.96. The van der Waals surface area contributed by atoms with Gasteiger partial charge < -0.3 is 4.74 Å². The van der Waals surface area contributed by atoms with Gasteiger partial charge in [0.2, 0.25) is 5.90 Å². The Hall–Kier alpha value is -1.45. The monoisotopic (exact) mass is 183 g/mol. The topological polar surface area (TPSA) is 21.6 Å². The first-order valence-electron chi connectivity index (χ1n) is 3.90. The molecule has 0 bridgehead atoms. The van der Waals surface area contributed by atoms with Gasteiger partial charge in [-0.15, -0.1) is 0 Å². The number of rotatable bonds is 1. The van der Waals surface area contributed by atoms with E-state index < -0.39 is 11.6 Å². The van der Waals surface area contributed by atoms with E-state index in [1.807, 2.05) is 0 Å². The molecule has 68 valence electrons. The maximum absolute atomic E-state index is 13.1. The van der Waals surface area contributed by atoms with Crippen LogP contribution in [0.3, 0.4) is 0 Å². The highest BCUT2D eigenvalue weighted by Gasteiger charge is 2.16. The van der Waals surface area contributed by atoms with Gasteiger partial charge >= 0.3 is 0 Å². The number of benzene rings is 1. The van der Waals surface area contributed by atoms with Crippen LogP contribution in [0.4, 0.5) is 8.78 Å². The fraction of sp³-hybridized carbons (Fsp3) is 0.222. The minimum atomic E-state index is -0.900. The van der Waals surface area contributed by atoms with Crippen molar-refractivity contribution < 1.29 is 13.5 Å². The van der Waals surface area contributed by atoms with Crippen molar-refractivity contribution in [2.45, 2.75) is 0 Å². The molecule has 13 heavy (non-hydrogen) atoms. The Morgan fingerprint density at radius 2 is 2.15 bits per heavy atom. The van der Waals surface area contributed by atoms with E-state index in [1.54, 1.807) is 0 Å². The van der Waals surface area contributed by atoms with E-state index >= 15 is 0 Å². The fourth-order valence-electron chi connectivity index (χ4n) is 1.17. The average molecular weight is 183 g/mol. The molecule has 0 aromatic heterocycles. The summed E-state index contributed by atoms with van der Waals surface area (Å²) in [7, 11) is 0. The van der Waals surface area contributed by atoms with Crippen LogP contribution in [0.25, 0.3) is 0 Å². The van der Waals surface area contributed by atoms with Crippen LogP contribution in [0, 0.1) is 11.6 Å². The third kappa shape index (κ3) is 1.39. The molecule has 0 amide bonds. The van der Waals surface area contributed by atoms with Crippen molar-refractivity contribution in [1.82, 2.24) is 0 Å². The quantitative estimate of drug-likeness (QED) is 0.649. The SMILES string of the molecule is Fc1cccc(C2=NCCO2)c1F. The average Bonchev–Trinajstić information content (AvgIpc) is 2.62. The third-order valence-electron chi connectivity index (χ3n) is 1.77. The van der Waals surface area contributed by atoms with Gasteiger partial charge in [-0.3, -0.25) is 0 Å². The molecule has 1 aromatic rings. The van der Waals surface area contributed by atoms with E-state index in [9.17, 15) is 8.78 Å². The highest BCUT2D eigenvalue weighted by Crippen LogP contribution is 2.14. The molecule has 0 spiro atoms. The maximum Gasteiger partial charge on any atom is 0.219 e. The Balaban J connectivity index is 2.45. The molecule has 0 saturated heterocycles. The fourth-order valence-corrected chi connectivity index (χ4v) is 1.17. The molecular formula is C9H7F2NO. The number of hydrogen-bond donors (Lipinski definition) is 0. The molecule has 2 nitrogen and oxygen atoms in total. The molecule has 1 aromatic carbocycles. The van der Waals surface area contributed by atoms with E-state index in [1.165, 1.54) is 12.1 Å². The van der Waals surface area contributed by atoms with Gasteiger partial charge in [0.15, 0.2) is 11.6 Å². The molecular weight excluding hydrogens is 176 g/mol. The number of ether oxygens (including phenoxy) is 1. The molecule has 4 heteroatoms. The van der Waals surface area contributed by atoms with Crippen LogP contribution < -0.4 is 0 Å². The molecule has 2 rings (SSSR count). The number of aliphatic imine (C=N–C) groups is 1. The van der Waals surface area contributed by atoms with Gasteiger partial charge in [-0.2, -0.15) is 0 Å². The summed E-state index contributed by atoms with van der Waals surface area (Å²) >= 11 is 0. The number of hydrogen-bond acceptors (Lipinski definition) is 2.